The molecule has 0 saturated carbocycles. The Morgan fingerprint density at radius 1 is 1.15 bits per heavy atom. The van der Waals surface area contributed by atoms with E-state index >= 15 is 0 Å². The Balaban J connectivity index is 0.00000182. The number of anilines is 2. The number of carbonyl (C=O) groups excluding carboxylic acids is 1. The summed E-state index contributed by atoms with van der Waals surface area (Å²) >= 11 is 2.02. The SMILES string of the molecule is Cc1ccc(N)cc1C(=O)Nc1cccc(CN2CCSCC2)c1C.Cl.Cl. The normalized spacial score (nSPS) is 14.0. The topological polar surface area (TPSA) is 58.4 Å². The molecule has 1 aliphatic heterocycles. The zero-order chi connectivity index (χ0) is 17.8. The number of halogens is 2. The first-order valence-electron chi connectivity index (χ1n) is 8.60. The highest BCUT2D eigenvalue weighted by molar-refractivity contribution is 7.99. The Hall–Kier alpha value is -1.40. The van der Waals surface area contributed by atoms with Gasteiger partial charge in [0, 0.05) is 48.1 Å². The quantitative estimate of drug-likeness (QED) is 0.703. The van der Waals surface area contributed by atoms with Crippen LogP contribution in [0, 0.1) is 13.8 Å². The number of hydrogen-bond acceptors (Lipinski definition) is 4. The molecule has 1 aliphatic rings. The average molecular weight is 428 g/mol. The van der Waals surface area contributed by atoms with Crippen LogP contribution >= 0.6 is 36.6 Å². The van der Waals surface area contributed by atoms with Gasteiger partial charge in [-0.2, -0.15) is 11.8 Å². The number of benzene rings is 2. The summed E-state index contributed by atoms with van der Waals surface area (Å²) in [4.78, 5) is 15.1. The Morgan fingerprint density at radius 2 is 1.85 bits per heavy atom. The number of nitrogens with one attached hydrogen (secondary N) is 1. The van der Waals surface area contributed by atoms with E-state index in [1.807, 2.05) is 43.0 Å². The van der Waals surface area contributed by atoms with Crippen LogP contribution in [0.3, 0.4) is 0 Å². The maximum Gasteiger partial charge on any atom is 0.256 e. The lowest BCUT2D eigenvalue weighted by molar-refractivity contribution is 0.102. The first-order valence-corrected chi connectivity index (χ1v) is 9.76. The van der Waals surface area contributed by atoms with E-state index in [0.717, 1.165) is 36.4 Å². The van der Waals surface area contributed by atoms with Gasteiger partial charge in [0.1, 0.15) is 0 Å². The van der Waals surface area contributed by atoms with E-state index < -0.39 is 0 Å². The lowest BCUT2D eigenvalue weighted by atomic mass is 10.0. The fraction of sp³-hybridized carbons (Fsp3) is 0.350. The third kappa shape index (κ3) is 6.04. The molecule has 7 heteroatoms. The second-order valence-electron chi connectivity index (χ2n) is 6.51. The van der Waals surface area contributed by atoms with Crippen molar-refractivity contribution in [1.29, 1.82) is 0 Å². The second kappa shape index (κ2) is 10.8. The van der Waals surface area contributed by atoms with E-state index in [2.05, 4.69) is 23.2 Å². The number of nitrogen functional groups attached to an aromatic ring is 1. The molecular formula is C20H27Cl2N3OS. The molecule has 0 atom stereocenters. The number of rotatable bonds is 4. The minimum atomic E-state index is -0.112. The van der Waals surface area contributed by atoms with Gasteiger partial charge in [0.15, 0.2) is 0 Å². The number of amides is 1. The third-order valence-corrected chi connectivity index (χ3v) is 5.64. The Labute approximate surface area is 178 Å². The van der Waals surface area contributed by atoms with Crippen LogP contribution in [0.2, 0.25) is 0 Å². The average Bonchev–Trinajstić information content (AvgIpc) is 2.61. The molecule has 2 aromatic rings. The third-order valence-electron chi connectivity index (χ3n) is 4.70. The van der Waals surface area contributed by atoms with Crippen LogP contribution in [0.4, 0.5) is 11.4 Å². The van der Waals surface area contributed by atoms with E-state index in [-0.39, 0.29) is 30.7 Å². The van der Waals surface area contributed by atoms with Crippen LogP contribution in [0.1, 0.15) is 27.0 Å². The van der Waals surface area contributed by atoms with Crippen LogP contribution < -0.4 is 11.1 Å². The van der Waals surface area contributed by atoms with Gasteiger partial charge >= 0.3 is 0 Å². The molecule has 148 valence electrons. The summed E-state index contributed by atoms with van der Waals surface area (Å²) in [6.45, 7) is 7.20. The van der Waals surface area contributed by atoms with Crippen molar-refractivity contribution in [2.24, 2.45) is 0 Å². The van der Waals surface area contributed by atoms with Gasteiger partial charge in [-0.3, -0.25) is 9.69 Å². The lowest BCUT2D eigenvalue weighted by Gasteiger charge is -2.27. The van der Waals surface area contributed by atoms with Crippen molar-refractivity contribution >= 4 is 53.9 Å². The van der Waals surface area contributed by atoms with Crippen LogP contribution in [0.25, 0.3) is 0 Å². The first kappa shape index (κ1) is 23.6. The summed E-state index contributed by atoms with van der Waals surface area (Å²) in [5.41, 5.74) is 11.3. The maximum absolute atomic E-state index is 12.7. The van der Waals surface area contributed by atoms with Crippen LogP contribution in [-0.2, 0) is 6.54 Å². The van der Waals surface area contributed by atoms with E-state index in [1.54, 1.807) is 6.07 Å². The molecule has 0 aromatic heterocycles. The Bertz CT molecular complexity index is 780. The van der Waals surface area contributed by atoms with Crippen LogP contribution in [0.5, 0.6) is 0 Å². The summed E-state index contributed by atoms with van der Waals surface area (Å²) in [5.74, 6) is 2.29. The highest BCUT2D eigenvalue weighted by Crippen LogP contribution is 2.23. The van der Waals surface area contributed by atoms with Gasteiger partial charge in [0.05, 0.1) is 0 Å². The predicted octanol–water partition coefficient (Wildman–Crippen LogP) is 4.53. The van der Waals surface area contributed by atoms with Gasteiger partial charge in [0.2, 0.25) is 0 Å². The number of hydrogen-bond donors (Lipinski definition) is 2. The molecule has 3 N–H and O–H groups in total. The lowest BCUT2D eigenvalue weighted by Crippen LogP contribution is -2.32. The van der Waals surface area contributed by atoms with Gasteiger partial charge in [-0.15, -0.1) is 24.8 Å². The number of carbonyl (C=O) groups is 1. The standard InChI is InChI=1S/C20H25N3OS.2ClH/c1-14-6-7-17(21)12-18(14)20(24)22-19-5-3-4-16(15(19)2)13-23-8-10-25-11-9-23;;/h3-7,12H,8-11,13,21H2,1-2H3,(H,22,24);2*1H. The summed E-state index contributed by atoms with van der Waals surface area (Å²) in [5, 5.41) is 3.06. The molecule has 0 bridgehead atoms. The molecule has 0 radical (unpaired) electrons. The Kier molecular flexibility index (Phi) is 9.47. The Morgan fingerprint density at radius 3 is 2.56 bits per heavy atom. The van der Waals surface area contributed by atoms with Gasteiger partial charge in [-0.05, 0) is 48.7 Å². The van der Waals surface area contributed by atoms with Crippen molar-refractivity contribution < 1.29 is 4.79 Å². The summed E-state index contributed by atoms with van der Waals surface area (Å²) < 4.78 is 0. The van der Waals surface area contributed by atoms with Gasteiger partial charge in [0.25, 0.3) is 5.91 Å². The number of aryl methyl sites for hydroxylation is 1. The highest BCUT2D eigenvalue weighted by atomic mass is 35.5. The fourth-order valence-electron chi connectivity index (χ4n) is 3.06. The van der Waals surface area contributed by atoms with Gasteiger partial charge < -0.3 is 11.1 Å². The molecule has 1 heterocycles. The van der Waals surface area contributed by atoms with Crippen molar-refractivity contribution in [3.63, 3.8) is 0 Å². The van der Waals surface area contributed by atoms with Crippen molar-refractivity contribution in [3.8, 4) is 0 Å². The molecule has 0 unspecified atom stereocenters. The largest absolute Gasteiger partial charge is 0.399 e. The molecular weight excluding hydrogens is 401 g/mol. The van der Waals surface area contributed by atoms with Crippen molar-refractivity contribution in [2.45, 2.75) is 20.4 Å². The maximum atomic E-state index is 12.7. The zero-order valence-corrected chi connectivity index (χ0v) is 18.1. The number of thioether (sulfide) groups is 1. The van der Waals surface area contributed by atoms with Crippen molar-refractivity contribution in [3.05, 3.63) is 58.7 Å². The fourth-order valence-corrected chi connectivity index (χ4v) is 4.04. The van der Waals surface area contributed by atoms with Gasteiger partial charge in [-0.25, -0.2) is 0 Å². The monoisotopic (exact) mass is 427 g/mol. The van der Waals surface area contributed by atoms with E-state index in [9.17, 15) is 4.79 Å². The van der Waals surface area contributed by atoms with Crippen molar-refractivity contribution in [1.82, 2.24) is 4.90 Å². The van der Waals surface area contributed by atoms with Crippen LogP contribution in [-0.4, -0.2) is 35.4 Å². The summed E-state index contributed by atoms with van der Waals surface area (Å²) in [6, 6.07) is 11.6. The second-order valence-corrected chi connectivity index (χ2v) is 7.73. The summed E-state index contributed by atoms with van der Waals surface area (Å²) in [6.07, 6.45) is 0. The first-order chi connectivity index (χ1) is 12.0. The molecule has 1 fully saturated rings. The highest BCUT2D eigenvalue weighted by Gasteiger charge is 2.15. The van der Waals surface area contributed by atoms with E-state index in [1.165, 1.54) is 17.1 Å². The number of nitrogens with zero attached hydrogens (tertiary/aromatic N) is 1. The molecule has 1 saturated heterocycles. The minimum Gasteiger partial charge on any atom is -0.399 e. The van der Waals surface area contributed by atoms with E-state index in [0.29, 0.717) is 11.3 Å². The van der Waals surface area contributed by atoms with E-state index in [4.69, 9.17) is 5.73 Å². The van der Waals surface area contributed by atoms with Gasteiger partial charge in [-0.1, -0.05) is 18.2 Å². The zero-order valence-electron chi connectivity index (χ0n) is 15.7. The molecule has 0 spiro atoms. The molecule has 2 aromatic carbocycles. The molecule has 3 rings (SSSR count). The minimum absolute atomic E-state index is 0. The molecule has 27 heavy (non-hydrogen) atoms. The van der Waals surface area contributed by atoms with Crippen LogP contribution in [0.15, 0.2) is 36.4 Å². The number of nitrogens with two attached hydrogens (primary N) is 1. The molecule has 1 amide bonds. The predicted molar refractivity (Wildman–Crippen MR) is 122 cm³/mol. The van der Waals surface area contributed by atoms with Crippen molar-refractivity contribution in [2.75, 3.05) is 35.6 Å². The summed E-state index contributed by atoms with van der Waals surface area (Å²) in [7, 11) is 0. The molecule has 0 aliphatic carbocycles. The molecule has 4 nitrogen and oxygen atoms in total. The smallest absolute Gasteiger partial charge is 0.256 e.